The van der Waals surface area contributed by atoms with Crippen molar-refractivity contribution in [2.24, 2.45) is 0 Å². The average molecular weight is 300 g/mol. The van der Waals surface area contributed by atoms with E-state index in [1.165, 1.54) is 25.0 Å². The lowest BCUT2D eigenvalue weighted by Crippen LogP contribution is -2.34. The smallest absolute Gasteiger partial charge is 0.223 e. The number of halogens is 2. The second kappa shape index (κ2) is 8.31. The summed E-state index contributed by atoms with van der Waals surface area (Å²) in [6.07, 6.45) is 0.0578. The van der Waals surface area contributed by atoms with Crippen LogP contribution < -0.4 is 10.2 Å². The lowest BCUT2D eigenvalue weighted by molar-refractivity contribution is -0.121. The molecule has 7 heteroatoms. The Morgan fingerprint density at radius 3 is 2.57 bits per heavy atom. The number of anilines is 1. The van der Waals surface area contributed by atoms with Gasteiger partial charge >= 0.3 is 0 Å². The van der Waals surface area contributed by atoms with Gasteiger partial charge in [0.25, 0.3) is 0 Å². The van der Waals surface area contributed by atoms with Crippen LogP contribution in [0.4, 0.5) is 14.5 Å². The minimum Gasteiger partial charge on any atom is -0.383 e. The van der Waals surface area contributed by atoms with Crippen molar-refractivity contribution in [1.82, 2.24) is 5.32 Å². The zero-order valence-electron chi connectivity index (χ0n) is 12.0. The maximum Gasteiger partial charge on any atom is 0.223 e. The van der Waals surface area contributed by atoms with E-state index in [-0.39, 0.29) is 30.5 Å². The van der Waals surface area contributed by atoms with E-state index in [2.05, 4.69) is 5.32 Å². The SMILES string of the molecule is COCCNC(=O)CCN(C(C)=O)c1ccc(F)c(F)c1. The summed E-state index contributed by atoms with van der Waals surface area (Å²) in [4.78, 5) is 24.4. The molecular weight excluding hydrogens is 282 g/mol. The number of amides is 2. The van der Waals surface area contributed by atoms with E-state index in [0.29, 0.717) is 13.2 Å². The molecule has 5 nitrogen and oxygen atoms in total. The number of carbonyl (C=O) groups excluding carboxylic acids is 2. The van der Waals surface area contributed by atoms with Gasteiger partial charge in [-0.25, -0.2) is 8.78 Å². The number of hydrogen-bond donors (Lipinski definition) is 1. The summed E-state index contributed by atoms with van der Waals surface area (Å²) in [6.45, 7) is 2.15. The van der Waals surface area contributed by atoms with Crippen molar-refractivity contribution in [2.45, 2.75) is 13.3 Å². The van der Waals surface area contributed by atoms with Crippen molar-refractivity contribution in [3.8, 4) is 0 Å². The van der Waals surface area contributed by atoms with Crippen LogP contribution in [0.3, 0.4) is 0 Å². The van der Waals surface area contributed by atoms with E-state index in [0.717, 1.165) is 12.1 Å². The highest BCUT2D eigenvalue weighted by atomic mass is 19.2. The molecule has 0 fully saturated rings. The first-order chi connectivity index (χ1) is 9.95. The van der Waals surface area contributed by atoms with E-state index in [1.54, 1.807) is 0 Å². The molecule has 0 aliphatic carbocycles. The molecule has 0 unspecified atom stereocenters. The van der Waals surface area contributed by atoms with Crippen LogP contribution in [0.1, 0.15) is 13.3 Å². The molecule has 2 amide bonds. The second-order valence-electron chi connectivity index (χ2n) is 4.36. The van der Waals surface area contributed by atoms with Gasteiger partial charge in [0.2, 0.25) is 11.8 Å². The molecule has 0 saturated carbocycles. The molecule has 1 aromatic rings. The summed E-state index contributed by atoms with van der Waals surface area (Å²) in [5, 5.41) is 2.61. The van der Waals surface area contributed by atoms with Crippen molar-refractivity contribution >= 4 is 17.5 Å². The molecular formula is C14H18F2N2O3. The van der Waals surface area contributed by atoms with Gasteiger partial charge in [-0.15, -0.1) is 0 Å². The summed E-state index contributed by atoms with van der Waals surface area (Å²) < 4.78 is 30.9. The fraction of sp³-hybridized carbons (Fsp3) is 0.429. The van der Waals surface area contributed by atoms with Gasteiger partial charge in [0.1, 0.15) is 0 Å². The van der Waals surface area contributed by atoms with Gasteiger partial charge in [0.05, 0.1) is 6.61 Å². The van der Waals surface area contributed by atoms with E-state index < -0.39 is 11.6 Å². The third-order valence-electron chi connectivity index (χ3n) is 2.79. The van der Waals surface area contributed by atoms with E-state index in [9.17, 15) is 18.4 Å². The van der Waals surface area contributed by atoms with E-state index >= 15 is 0 Å². The standard InChI is InChI=1S/C14H18F2N2O3/c1-10(19)18(7-5-14(20)17-6-8-21-2)11-3-4-12(15)13(16)9-11/h3-4,9H,5-8H2,1-2H3,(H,17,20). The van der Waals surface area contributed by atoms with Crippen molar-refractivity contribution in [1.29, 1.82) is 0 Å². The monoisotopic (exact) mass is 300 g/mol. The first-order valence-electron chi connectivity index (χ1n) is 6.44. The zero-order valence-corrected chi connectivity index (χ0v) is 12.0. The lowest BCUT2D eigenvalue weighted by Gasteiger charge is -2.21. The summed E-state index contributed by atoms with van der Waals surface area (Å²) in [5.41, 5.74) is 0.214. The number of rotatable bonds is 7. The first kappa shape index (κ1) is 17.0. The third-order valence-corrected chi connectivity index (χ3v) is 2.79. The van der Waals surface area contributed by atoms with Crippen LogP contribution in [0.15, 0.2) is 18.2 Å². The van der Waals surface area contributed by atoms with Crippen LogP contribution in [0.5, 0.6) is 0 Å². The Labute approximate surface area is 121 Å². The van der Waals surface area contributed by atoms with Crippen LogP contribution in [-0.4, -0.2) is 38.6 Å². The summed E-state index contributed by atoms with van der Waals surface area (Å²) in [7, 11) is 1.52. The van der Waals surface area contributed by atoms with Gasteiger partial charge in [-0.05, 0) is 12.1 Å². The molecule has 0 aromatic heterocycles. The fourth-order valence-corrected chi connectivity index (χ4v) is 1.72. The molecule has 21 heavy (non-hydrogen) atoms. The quantitative estimate of drug-likeness (QED) is 0.776. The molecule has 0 saturated heterocycles. The maximum atomic E-state index is 13.2. The normalized spacial score (nSPS) is 10.3. The van der Waals surface area contributed by atoms with Gasteiger partial charge in [-0.1, -0.05) is 0 Å². The fourth-order valence-electron chi connectivity index (χ4n) is 1.72. The van der Waals surface area contributed by atoms with Crippen LogP contribution >= 0.6 is 0 Å². The van der Waals surface area contributed by atoms with Gasteiger partial charge in [-0.3, -0.25) is 9.59 Å². The Morgan fingerprint density at radius 2 is 2.00 bits per heavy atom. The number of carbonyl (C=O) groups is 2. The third kappa shape index (κ3) is 5.47. The van der Waals surface area contributed by atoms with Crippen LogP contribution in [0.2, 0.25) is 0 Å². The maximum absolute atomic E-state index is 13.2. The first-order valence-corrected chi connectivity index (χ1v) is 6.44. The number of nitrogens with one attached hydrogen (secondary N) is 1. The van der Waals surface area contributed by atoms with Crippen molar-refractivity contribution < 1.29 is 23.1 Å². The average Bonchev–Trinajstić information content (AvgIpc) is 2.43. The summed E-state index contributed by atoms with van der Waals surface area (Å²) in [5.74, 6) is -2.63. The Hall–Kier alpha value is -2.02. The van der Waals surface area contributed by atoms with Crippen LogP contribution in [0.25, 0.3) is 0 Å². The van der Waals surface area contributed by atoms with Crippen LogP contribution in [0, 0.1) is 11.6 Å². The van der Waals surface area contributed by atoms with Gasteiger partial charge < -0.3 is 15.0 Å². The number of nitrogens with zero attached hydrogens (tertiary/aromatic N) is 1. The number of ether oxygens (including phenoxy) is 1. The molecule has 0 aliphatic heterocycles. The highest BCUT2D eigenvalue weighted by Gasteiger charge is 2.15. The summed E-state index contributed by atoms with van der Waals surface area (Å²) >= 11 is 0. The molecule has 0 atom stereocenters. The predicted molar refractivity (Wildman–Crippen MR) is 73.9 cm³/mol. The molecule has 0 aliphatic rings. The van der Waals surface area contributed by atoms with Crippen molar-refractivity contribution in [3.05, 3.63) is 29.8 Å². The lowest BCUT2D eigenvalue weighted by atomic mass is 10.2. The number of methoxy groups -OCH3 is 1. The van der Waals surface area contributed by atoms with Gasteiger partial charge in [0.15, 0.2) is 11.6 Å². The Morgan fingerprint density at radius 1 is 1.29 bits per heavy atom. The predicted octanol–water partition coefficient (Wildman–Crippen LogP) is 1.47. The van der Waals surface area contributed by atoms with Gasteiger partial charge in [0, 0.05) is 45.3 Å². The highest BCUT2D eigenvalue weighted by molar-refractivity contribution is 5.92. The molecule has 1 N–H and O–H groups in total. The van der Waals surface area contributed by atoms with E-state index in [1.807, 2.05) is 0 Å². The Bertz CT molecular complexity index is 509. The number of hydrogen-bond acceptors (Lipinski definition) is 3. The largest absolute Gasteiger partial charge is 0.383 e. The molecule has 0 radical (unpaired) electrons. The second-order valence-corrected chi connectivity index (χ2v) is 4.36. The Kier molecular flexibility index (Phi) is 6.74. The zero-order chi connectivity index (χ0) is 15.8. The topological polar surface area (TPSA) is 58.6 Å². The van der Waals surface area contributed by atoms with Crippen molar-refractivity contribution in [3.63, 3.8) is 0 Å². The van der Waals surface area contributed by atoms with Gasteiger partial charge in [-0.2, -0.15) is 0 Å². The minimum atomic E-state index is -1.04. The molecule has 0 spiro atoms. The summed E-state index contributed by atoms with van der Waals surface area (Å²) in [6, 6.07) is 3.17. The molecule has 1 rings (SSSR count). The van der Waals surface area contributed by atoms with Crippen LogP contribution in [-0.2, 0) is 14.3 Å². The highest BCUT2D eigenvalue weighted by Crippen LogP contribution is 2.18. The molecule has 0 bridgehead atoms. The molecule has 1 aromatic carbocycles. The van der Waals surface area contributed by atoms with E-state index in [4.69, 9.17) is 4.74 Å². The molecule has 0 heterocycles. The minimum absolute atomic E-state index is 0.0578. The van der Waals surface area contributed by atoms with Crippen molar-refractivity contribution in [2.75, 3.05) is 31.7 Å². The molecule has 116 valence electrons. The Balaban J connectivity index is 2.64. The number of benzene rings is 1.